The van der Waals surface area contributed by atoms with Crippen LogP contribution in [0.4, 0.5) is 10.1 Å². The van der Waals surface area contributed by atoms with Gasteiger partial charge in [-0.3, -0.25) is 4.79 Å². The topological polar surface area (TPSA) is 61.5 Å². The fourth-order valence-corrected chi connectivity index (χ4v) is 3.24. The van der Waals surface area contributed by atoms with E-state index in [2.05, 4.69) is 0 Å². The SMILES string of the molecule is COC(=O)CC1(CSc2cc(OC)c(N)cc2F)CC1. The summed E-state index contributed by atoms with van der Waals surface area (Å²) < 4.78 is 23.6. The van der Waals surface area contributed by atoms with Crippen LogP contribution in [0.25, 0.3) is 0 Å². The Labute approximate surface area is 121 Å². The number of hydrogen-bond acceptors (Lipinski definition) is 5. The molecule has 1 fully saturated rings. The van der Waals surface area contributed by atoms with Gasteiger partial charge in [0.2, 0.25) is 0 Å². The maximum Gasteiger partial charge on any atom is 0.306 e. The Morgan fingerprint density at radius 3 is 2.70 bits per heavy atom. The Balaban J connectivity index is 2.02. The summed E-state index contributed by atoms with van der Waals surface area (Å²) in [7, 11) is 2.88. The maximum atomic E-state index is 13.8. The predicted octanol–water partition coefficient (Wildman–Crippen LogP) is 2.85. The Morgan fingerprint density at radius 1 is 1.45 bits per heavy atom. The van der Waals surface area contributed by atoms with E-state index in [1.807, 2.05) is 0 Å². The molecule has 110 valence electrons. The van der Waals surface area contributed by atoms with Gasteiger partial charge >= 0.3 is 5.97 Å². The van der Waals surface area contributed by atoms with Crippen molar-refractivity contribution in [1.29, 1.82) is 0 Å². The number of nitrogens with two attached hydrogens (primary N) is 1. The van der Waals surface area contributed by atoms with Crippen molar-refractivity contribution in [1.82, 2.24) is 0 Å². The third-order valence-corrected chi connectivity index (χ3v) is 4.90. The molecule has 6 heteroatoms. The number of carbonyl (C=O) groups excluding carboxylic acids is 1. The van der Waals surface area contributed by atoms with Crippen LogP contribution >= 0.6 is 11.8 Å². The Kier molecular flexibility index (Phi) is 4.42. The largest absolute Gasteiger partial charge is 0.495 e. The molecule has 0 bridgehead atoms. The van der Waals surface area contributed by atoms with Crippen molar-refractivity contribution in [3.05, 3.63) is 17.9 Å². The zero-order valence-electron chi connectivity index (χ0n) is 11.6. The van der Waals surface area contributed by atoms with E-state index in [0.717, 1.165) is 12.8 Å². The van der Waals surface area contributed by atoms with Crippen LogP contribution in [0, 0.1) is 11.2 Å². The summed E-state index contributed by atoms with van der Waals surface area (Å²) >= 11 is 1.39. The average molecular weight is 299 g/mol. The zero-order valence-corrected chi connectivity index (χ0v) is 12.4. The third kappa shape index (κ3) is 3.36. The molecule has 2 N–H and O–H groups in total. The van der Waals surface area contributed by atoms with Crippen LogP contribution in [0.5, 0.6) is 5.75 Å². The van der Waals surface area contributed by atoms with Crippen molar-refractivity contribution in [2.24, 2.45) is 5.41 Å². The molecule has 20 heavy (non-hydrogen) atoms. The molecular weight excluding hydrogens is 281 g/mol. The molecule has 0 amide bonds. The first-order valence-corrected chi connectivity index (χ1v) is 7.31. The number of methoxy groups -OCH3 is 2. The van der Waals surface area contributed by atoms with Gasteiger partial charge in [-0.15, -0.1) is 11.8 Å². The molecule has 2 rings (SSSR count). The van der Waals surface area contributed by atoms with Crippen LogP contribution in [0.3, 0.4) is 0 Å². The minimum absolute atomic E-state index is 0.0428. The first kappa shape index (κ1) is 15.0. The Morgan fingerprint density at radius 2 is 2.15 bits per heavy atom. The van der Waals surface area contributed by atoms with Crippen molar-refractivity contribution in [2.45, 2.75) is 24.2 Å². The third-order valence-electron chi connectivity index (χ3n) is 3.52. The highest BCUT2D eigenvalue weighted by molar-refractivity contribution is 7.99. The number of benzene rings is 1. The number of hydrogen-bond donors (Lipinski definition) is 1. The number of halogens is 1. The molecule has 0 spiro atoms. The number of ether oxygens (including phenoxy) is 2. The first-order valence-electron chi connectivity index (χ1n) is 6.32. The summed E-state index contributed by atoms with van der Waals surface area (Å²) in [5.74, 6) is 0.582. The Bertz CT molecular complexity index is 517. The van der Waals surface area contributed by atoms with Crippen LogP contribution < -0.4 is 10.5 Å². The monoisotopic (exact) mass is 299 g/mol. The van der Waals surface area contributed by atoms with Crippen molar-refractivity contribution in [2.75, 3.05) is 25.7 Å². The molecule has 0 atom stereocenters. The molecule has 0 saturated heterocycles. The van der Waals surface area contributed by atoms with E-state index in [4.69, 9.17) is 15.2 Å². The summed E-state index contributed by atoms with van der Waals surface area (Å²) in [5.41, 5.74) is 5.88. The van der Waals surface area contributed by atoms with Gasteiger partial charge in [0.15, 0.2) is 0 Å². The number of thioether (sulfide) groups is 1. The molecular formula is C14H18FNO3S. The number of rotatable bonds is 6. The lowest BCUT2D eigenvalue weighted by molar-refractivity contribution is -0.141. The molecule has 1 aromatic rings. The van der Waals surface area contributed by atoms with E-state index < -0.39 is 0 Å². The normalized spacial score (nSPS) is 15.8. The van der Waals surface area contributed by atoms with Crippen LogP contribution in [0.15, 0.2) is 17.0 Å². The number of anilines is 1. The van der Waals surface area contributed by atoms with Crippen molar-refractivity contribution < 1.29 is 18.7 Å². The smallest absolute Gasteiger partial charge is 0.306 e. The maximum absolute atomic E-state index is 13.8. The average Bonchev–Trinajstić information content (AvgIpc) is 3.17. The lowest BCUT2D eigenvalue weighted by Gasteiger charge is -2.14. The predicted molar refractivity (Wildman–Crippen MR) is 76.4 cm³/mol. The summed E-state index contributed by atoms with van der Waals surface area (Å²) in [5, 5.41) is 0. The van der Waals surface area contributed by atoms with Gasteiger partial charge in [-0.2, -0.15) is 0 Å². The molecule has 1 saturated carbocycles. The zero-order chi connectivity index (χ0) is 14.8. The van der Waals surface area contributed by atoms with Crippen LogP contribution in [0.2, 0.25) is 0 Å². The van der Waals surface area contributed by atoms with Gasteiger partial charge in [-0.05, 0) is 24.3 Å². The highest BCUT2D eigenvalue weighted by atomic mass is 32.2. The van der Waals surface area contributed by atoms with Gasteiger partial charge in [0, 0.05) is 16.7 Å². The molecule has 0 radical (unpaired) electrons. The second-order valence-corrected chi connectivity index (χ2v) is 6.08. The second-order valence-electron chi connectivity index (χ2n) is 5.07. The number of carbonyl (C=O) groups is 1. The van der Waals surface area contributed by atoms with Gasteiger partial charge in [-0.1, -0.05) is 0 Å². The van der Waals surface area contributed by atoms with Crippen LogP contribution in [0.1, 0.15) is 19.3 Å². The highest BCUT2D eigenvalue weighted by Crippen LogP contribution is 2.52. The van der Waals surface area contributed by atoms with E-state index in [9.17, 15) is 9.18 Å². The lowest BCUT2D eigenvalue weighted by Crippen LogP contribution is -2.13. The summed E-state index contributed by atoms with van der Waals surface area (Å²) in [4.78, 5) is 11.8. The van der Waals surface area contributed by atoms with E-state index in [0.29, 0.717) is 22.8 Å². The van der Waals surface area contributed by atoms with E-state index >= 15 is 0 Å². The first-order chi connectivity index (χ1) is 9.49. The summed E-state index contributed by atoms with van der Waals surface area (Å²) in [6.45, 7) is 0. The van der Waals surface area contributed by atoms with E-state index in [1.165, 1.54) is 32.0 Å². The molecule has 0 aliphatic heterocycles. The molecule has 0 heterocycles. The summed E-state index contributed by atoms with van der Waals surface area (Å²) in [6, 6.07) is 2.87. The fraction of sp³-hybridized carbons (Fsp3) is 0.500. The molecule has 4 nitrogen and oxygen atoms in total. The Hall–Kier alpha value is -1.43. The molecule has 0 unspecified atom stereocenters. The van der Waals surface area contributed by atoms with E-state index in [1.54, 1.807) is 6.07 Å². The molecule has 1 aliphatic rings. The van der Waals surface area contributed by atoms with Crippen LogP contribution in [-0.4, -0.2) is 25.9 Å². The molecule has 1 aliphatic carbocycles. The lowest BCUT2D eigenvalue weighted by atomic mass is 10.1. The molecule has 1 aromatic carbocycles. The van der Waals surface area contributed by atoms with Crippen molar-refractivity contribution >= 4 is 23.4 Å². The standard InChI is InChI=1S/C14H18FNO3S/c1-18-11-6-12(9(15)5-10(11)16)20-8-14(3-4-14)7-13(17)19-2/h5-6H,3-4,7-8,16H2,1-2H3. The van der Waals surface area contributed by atoms with Crippen molar-refractivity contribution in [3.8, 4) is 5.75 Å². The van der Waals surface area contributed by atoms with Gasteiger partial charge in [0.1, 0.15) is 11.6 Å². The van der Waals surface area contributed by atoms with Gasteiger partial charge in [0.05, 0.1) is 26.3 Å². The quantitative estimate of drug-likeness (QED) is 0.497. The second kappa shape index (κ2) is 5.91. The van der Waals surface area contributed by atoms with Gasteiger partial charge < -0.3 is 15.2 Å². The minimum Gasteiger partial charge on any atom is -0.495 e. The minimum atomic E-state index is -0.359. The van der Waals surface area contributed by atoms with Crippen LogP contribution in [-0.2, 0) is 9.53 Å². The van der Waals surface area contributed by atoms with Crippen molar-refractivity contribution in [3.63, 3.8) is 0 Å². The highest BCUT2D eigenvalue weighted by Gasteiger charge is 2.44. The van der Waals surface area contributed by atoms with Gasteiger partial charge in [-0.25, -0.2) is 4.39 Å². The van der Waals surface area contributed by atoms with E-state index in [-0.39, 0.29) is 22.9 Å². The van der Waals surface area contributed by atoms with Gasteiger partial charge in [0.25, 0.3) is 0 Å². The number of esters is 1. The number of nitrogen functional groups attached to an aromatic ring is 1. The fourth-order valence-electron chi connectivity index (χ4n) is 2.00. The summed E-state index contributed by atoms with van der Waals surface area (Å²) in [6.07, 6.45) is 2.34. The molecule has 0 aromatic heterocycles.